The van der Waals surface area contributed by atoms with Gasteiger partial charge in [0.2, 0.25) is 10.0 Å². The highest BCUT2D eigenvalue weighted by Gasteiger charge is 2.27. The first-order valence-corrected chi connectivity index (χ1v) is 6.92. The largest absolute Gasteiger partial charge is 0.485 e. The molecule has 1 aliphatic carbocycles. The molecular weight excluding hydrogens is 242 g/mol. The Kier molecular flexibility index (Phi) is 2.90. The lowest BCUT2D eigenvalue weighted by Crippen LogP contribution is -2.12. The summed E-state index contributed by atoms with van der Waals surface area (Å²) < 4.78 is 30.2. The van der Waals surface area contributed by atoms with E-state index in [-0.39, 0.29) is 23.2 Å². The number of nitrogens with one attached hydrogen (secondary N) is 1. The molecule has 0 unspecified atom stereocenters. The molecule has 1 N–H and O–H groups in total. The van der Waals surface area contributed by atoms with Crippen molar-refractivity contribution in [1.29, 1.82) is 5.26 Å². The summed E-state index contributed by atoms with van der Waals surface area (Å²) in [6.07, 6.45) is 4.30. The predicted molar refractivity (Wildman–Crippen MR) is 61.1 cm³/mol. The van der Waals surface area contributed by atoms with Crippen LogP contribution in [0.2, 0.25) is 0 Å². The number of rotatable bonds is 4. The molecule has 90 valence electrons. The Hall–Kier alpha value is -1.81. The van der Waals surface area contributed by atoms with E-state index >= 15 is 0 Å². The van der Waals surface area contributed by atoms with Gasteiger partial charge in [0, 0.05) is 6.20 Å². The average molecular weight is 253 g/mol. The number of nitriles is 1. The smallest absolute Gasteiger partial charge is 0.229 e. The van der Waals surface area contributed by atoms with E-state index in [9.17, 15) is 8.42 Å². The molecule has 0 aliphatic heterocycles. The van der Waals surface area contributed by atoms with Crippen molar-refractivity contribution in [1.82, 2.24) is 4.98 Å². The number of ether oxygens (including phenoxy) is 1. The molecule has 1 aromatic rings. The van der Waals surface area contributed by atoms with Crippen molar-refractivity contribution in [3.05, 3.63) is 18.0 Å². The molecule has 1 saturated carbocycles. The molecule has 1 aromatic heterocycles. The highest BCUT2D eigenvalue weighted by Crippen LogP contribution is 2.34. The van der Waals surface area contributed by atoms with Crippen molar-refractivity contribution in [2.24, 2.45) is 0 Å². The first-order chi connectivity index (χ1) is 7.99. The molecular formula is C10H11N3O3S. The number of pyridine rings is 1. The molecule has 0 aromatic carbocycles. The Morgan fingerprint density at radius 1 is 1.59 bits per heavy atom. The van der Waals surface area contributed by atoms with Crippen molar-refractivity contribution >= 4 is 15.7 Å². The van der Waals surface area contributed by atoms with Gasteiger partial charge in [-0.3, -0.25) is 4.72 Å². The van der Waals surface area contributed by atoms with Gasteiger partial charge in [0.05, 0.1) is 18.0 Å². The molecule has 1 fully saturated rings. The number of nitrogens with zero attached hydrogens (tertiary/aromatic N) is 2. The van der Waals surface area contributed by atoms with Gasteiger partial charge >= 0.3 is 0 Å². The summed E-state index contributed by atoms with van der Waals surface area (Å²) in [5.74, 6) is 0.211. The van der Waals surface area contributed by atoms with Crippen molar-refractivity contribution in [2.45, 2.75) is 18.9 Å². The molecule has 1 aliphatic rings. The number of anilines is 1. The van der Waals surface area contributed by atoms with E-state index in [1.54, 1.807) is 0 Å². The van der Waals surface area contributed by atoms with Crippen molar-refractivity contribution in [3.63, 3.8) is 0 Å². The summed E-state index contributed by atoms with van der Waals surface area (Å²) in [7, 11) is -3.41. The van der Waals surface area contributed by atoms with E-state index in [4.69, 9.17) is 10.00 Å². The Morgan fingerprint density at radius 3 is 2.82 bits per heavy atom. The summed E-state index contributed by atoms with van der Waals surface area (Å²) in [6.45, 7) is 0. The van der Waals surface area contributed by atoms with E-state index in [1.807, 2.05) is 6.07 Å². The van der Waals surface area contributed by atoms with Crippen LogP contribution >= 0.6 is 0 Å². The Bertz CT molecular complexity index is 573. The topological polar surface area (TPSA) is 92.1 Å². The highest BCUT2D eigenvalue weighted by atomic mass is 32.2. The summed E-state index contributed by atoms with van der Waals surface area (Å²) in [5, 5.41) is 8.90. The van der Waals surface area contributed by atoms with Crippen molar-refractivity contribution in [2.75, 3.05) is 11.0 Å². The quantitative estimate of drug-likeness (QED) is 0.859. The zero-order valence-corrected chi connectivity index (χ0v) is 9.99. The monoisotopic (exact) mass is 253 g/mol. The fourth-order valence-corrected chi connectivity index (χ4v) is 1.84. The molecule has 6 nitrogen and oxygen atoms in total. The van der Waals surface area contributed by atoms with Crippen LogP contribution in [0.15, 0.2) is 12.3 Å². The fraction of sp³-hybridized carbons (Fsp3) is 0.400. The molecule has 0 saturated heterocycles. The Labute approximate surface area is 99.3 Å². The third kappa shape index (κ3) is 3.07. The third-order valence-electron chi connectivity index (χ3n) is 2.11. The lowest BCUT2D eigenvalue weighted by atomic mass is 10.3. The predicted octanol–water partition coefficient (Wildman–Crippen LogP) is 0.866. The van der Waals surface area contributed by atoms with Gasteiger partial charge < -0.3 is 4.74 Å². The lowest BCUT2D eigenvalue weighted by molar-refractivity contribution is 0.302. The molecule has 0 amide bonds. The normalized spacial score (nSPS) is 15.1. The maximum absolute atomic E-state index is 11.2. The van der Waals surface area contributed by atoms with Crippen LogP contribution in [0.4, 0.5) is 5.69 Å². The summed E-state index contributed by atoms with van der Waals surface area (Å²) in [4.78, 5) is 3.85. The van der Waals surface area contributed by atoms with Crippen molar-refractivity contribution in [3.8, 4) is 11.8 Å². The first-order valence-electron chi connectivity index (χ1n) is 5.03. The molecule has 17 heavy (non-hydrogen) atoms. The van der Waals surface area contributed by atoms with Crippen LogP contribution < -0.4 is 9.46 Å². The molecule has 1 heterocycles. The SMILES string of the molecule is CS(=O)(=O)Nc1ccnc(C#N)c1OC1CC1. The van der Waals surface area contributed by atoms with Crippen LogP contribution in [-0.2, 0) is 10.0 Å². The Morgan fingerprint density at radius 2 is 2.29 bits per heavy atom. The number of sulfonamides is 1. The standard InChI is InChI=1S/C10H11N3O3S/c1-17(14,15)13-8-4-5-12-9(6-11)10(8)16-7-2-3-7/h4-5,7H,2-3H2,1H3,(H,12,13). The van der Waals surface area contributed by atoms with E-state index in [0.717, 1.165) is 19.1 Å². The molecule has 2 rings (SSSR count). The van der Waals surface area contributed by atoms with Gasteiger partial charge in [-0.25, -0.2) is 13.4 Å². The van der Waals surface area contributed by atoms with Gasteiger partial charge in [-0.15, -0.1) is 0 Å². The van der Waals surface area contributed by atoms with Gasteiger partial charge in [-0.2, -0.15) is 5.26 Å². The maximum Gasteiger partial charge on any atom is 0.229 e. The highest BCUT2D eigenvalue weighted by molar-refractivity contribution is 7.92. The van der Waals surface area contributed by atoms with Gasteiger partial charge in [-0.05, 0) is 18.9 Å². The second-order valence-electron chi connectivity index (χ2n) is 3.84. The summed E-state index contributed by atoms with van der Waals surface area (Å²) in [6, 6.07) is 3.36. The van der Waals surface area contributed by atoms with Gasteiger partial charge in [0.1, 0.15) is 6.07 Å². The lowest BCUT2D eigenvalue weighted by Gasteiger charge is -2.12. The third-order valence-corrected chi connectivity index (χ3v) is 2.71. The van der Waals surface area contributed by atoms with Crippen LogP contribution in [0.25, 0.3) is 0 Å². The number of aromatic nitrogens is 1. The molecule has 0 bridgehead atoms. The zero-order valence-electron chi connectivity index (χ0n) is 9.17. The maximum atomic E-state index is 11.2. The second kappa shape index (κ2) is 4.22. The molecule has 0 radical (unpaired) electrons. The Balaban J connectivity index is 2.38. The minimum atomic E-state index is -3.41. The van der Waals surface area contributed by atoms with Crippen LogP contribution in [0.1, 0.15) is 18.5 Å². The summed E-state index contributed by atoms with van der Waals surface area (Å²) >= 11 is 0. The molecule has 0 spiro atoms. The van der Waals surface area contributed by atoms with Crippen LogP contribution in [0.3, 0.4) is 0 Å². The van der Waals surface area contributed by atoms with Crippen LogP contribution in [-0.4, -0.2) is 25.8 Å². The molecule has 7 heteroatoms. The minimum absolute atomic E-state index is 0.0615. The summed E-state index contributed by atoms with van der Waals surface area (Å²) in [5.41, 5.74) is 0.344. The second-order valence-corrected chi connectivity index (χ2v) is 5.59. The average Bonchev–Trinajstić information content (AvgIpc) is 3.02. The van der Waals surface area contributed by atoms with E-state index < -0.39 is 10.0 Å². The van der Waals surface area contributed by atoms with Crippen LogP contribution in [0.5, 0.6) is 5.75 Å². The van der Waals surface area contributed by atoms with Gasteiger partial charge in [0.15, 0.2) is 11.4 Å². The van der Waals surface area contributed by atoms with E-state index in [0.29, 0.717) is 0 Å². The number of hydrogen-bond acceptors (Lipinski definition) is 5. The molecule has 0 atom stereocenters. The van der Waals surface area contributed by atoms with E-state index in [1.165, 1.54) is 12.3 Å². The first kappa shape index (κ1) is 11.7. The van der Waals surface area contributed by atoms with Crippen molar-refractivity contribution < 1.29 is 13.2 Å². The zero-order chi connectivity index (χ0) is 12.5. The van der Waals surface area contributed by atoms with Crippen LogP contribution in [0, 0.1) is 11.3 Å². The number of hydrogen-bond donors (Lipinski definition) is 1. The van der Waals surface area contributed by atoms with E-state index in [2.05, 4.69) is 9.71 Å². The van der Waals surface area contributed by atoms with Gasteiger partial charge in [-0.1, -0.05) is 0 Å². The fourth-order valence-electron chi connectivity index (χ4n) is 1.28. The van der Waals surface area contributed by atoms with Gasteiger partial charge in [0.25, 0.3) is 0 Å². The minimum Gasteiger partial charge on any atom is -0.485 e.